The molecule has 0 bridgehead atoms. The highest BCUT2D eigenvalue weighted by Gasteiger charge is 2.16. The molecule has 0 atom stereocenters. The van der Waals surface area contributed by atoms with Crippen LogP contribution < -0.4 is 4.74 Å². The third-order valence-electron chi connectivity index (χ3n) is 1.78. The molecule has 1 rings (SSSR count). The Labute approximate surface area is 98.5 Å². The Morgan fingerprint density at radius 2 is 2.12 bits per heavy atom. The molecule has 0 saturated carbocycles. The minimum Gasteiger partial charge on any atom is -0.434 e. The largest absolute Gasteiger partial charge is 0.434 e. The van der Waals surface area contributed by atoms with Gasteiger partial charge < -0.3 is 4.74 Å². The van der Waals surface area contributed by atoms with Crippen molar-refractivity contribution in [1.82, 2.24) is 0 Å². The number of benzene rings is 1. The van der Waals surface area contributed by atoms with Crippen molar-refractivity contribution in [2.75, 3.05) is 5.33 Å². The first kappa shape index (κ1) is 13.0. The molecule has 88 valence electrons. The normalized spacial score (nSPS) is 10.6. The number of ketones is 1. The van der Waals surface area contributed by atoms with Crippen LogP contribution >= 0.6 is 15.9 Å². The van der Waals surface area contributed by atoms with Crippen molar-refractivity contribution in [3.8, 4) is 5.75 Å². The van der Waals surface area contributed by atoms with Gasteiger partial charge in [0.15, 0.2) is 5.78 Å². The van der Waals surface area contributed by atoms with Crippen molar-refractivity contribution < 1.29 is 22.7 Å². The lowest BCUT2D eigenvalue weighted by Crippen LogP contribution is -2.08. The van der Waals surface area contributed by atoms with E-state index in [0.717, 1.165) is 18.2 Å². The van der Waals surface area contributed by atoms with Crippen molar-refractivity contribution in [1.29, 1.82) is 0 Å². The van der Waals surface area contributed by atoms with Crippen molar-refractivity contribution in [3.63, 3.8) is 0 Å². The molecule has 0 spiro atoms. The third-order valence-corrected chi connectivity index (χ3v) is 2.18. The second-order valence-corrected chi connectivity index (χ2v) is 3.67. The fraction of sp³-hybridized carbons (Fsp3) is 0.300. The van der Waals surface area contributed by atoms with Gasteiger partial charge in [-0.1, -0.05) is 15.9 Å². The topological polar surface area (TPSA) is 26.3 Å². The minimum absolute atomic E-state index is 0.0864. The van der Waals surface area contributed by atoms with E-state index in [2.05, 4.69) is 20.7 Å². The highest BCUT2D eigenvalue weighted by molar-refractivity contribution is 9.09. The molecule has 0 heterocycles. The van der Waals surface area contributed by atoms with Crippen LogP contribution in [0.15, 0.2) is 18.2 Å². The van der Waals surface area contributed by atoms with Gasteiger partial charge in [0.1, 0.15) is 11.6 Å². The fourth-order valence-electron chi connectivity index (χ4n) is 1.14. The third kappa shape index (κ3) is 3.52. The van der Waals surface area contributed by atoms with Gasteiger partial charge in [0.05, 0.1) is 5.56 Å². The van der Waals surface area contributed by atoms with Gasteiger partial charge in [-0.2, -0.15) is 8.78 Å². The SMILES string of the molecule is O=C(CCBr)c1cc(F)ccc1OC(F)F. The summed E-state index contributed by atoms with van der Waals surface area (Å²) in [4.78, 5) is 11.5. The molecule has 0 N–H and O–H groups in total. The summed E-state index contributed by atoms with van der Waals surface area (Å²) in [6.45, 7) is -3.04. The van der Waals surface area contributed by atoms with E-state index in [1.165, 1.54) is 0 Å². The Kier molecular flexibility index (Phi) is 4.79. The fourth-order valence-corrected chi connectivity index (χ4v) is 1.50. The molecule has 0 aliphatic rings. The van der Waals surface area contributed by atoms with Gasteiger partial charge in [0, 0.05) is 11.8 Å². The number of rotatable bonds is 5. The van der Waals surface area contributed by atoms with Crippen LogP contribution in [0.4, 0.5) is 13.2 Å². The Bertz CT molecular complexity index is 382. The molecular formula is C10H8BrF3O2. The molecule has 1 aromatic carbocycles. The molecule has 6 heteroatoms. The first-order chi connectivity index (χ1) is 7.54. The predicted molar refractivity (Wildman–Crippen MR) is 55.8 cm³/mol. The molecule has 0 unspecified atom stereocenters. The molecule has 0 saturated heterocycles. The summed E-state index contributed by atoms with van der Waals surface area (Å²) in [7, 11) is 0. The van der Waals surface area contributed by atoms with Crippen LogP contribution in [0.25, 0.3) is 0 Å². The van der Waals surface area contributed by atoms with Gasteiger partial charge in [0.25, 0.3) is 0 Å². The summed E-state index contributed by atoms with van der Waals surface area (Å²) in [5.74, 6) is -1.42. The van der Waals surface area contributed by atoms with Crippen LogP contribution in [0.2, 0.25) is 0 Å². The van der Waals surface area contributed by atoms with Gasteiger partial charge in [0.2, 0.25) is 0 Å². The van der Waals surface area contributed by atoms with E-state index in [1.54, 1.807) is 0 Å². The number of ether oxygens (including phenoxy) is 1. The van der Waals surface area contributed by atoms with E-state index in [1.807, 2.05) is 0 Å². The molecule has 0 fully saturated rings. The zero-order chi connectivity index (χ0) is 12.1. The maximum Gasteiger partial charge on any atom is 0.387 e. The van der Waals surface area contributed by atoms with Crippen LogP contribution in [0.1, 0.15) is 16.8 Å². The highest BCUT2D eigenvalue weighted by atomic mass is 79.9. The van der Waals surface area contributed by atoms with Crippen molar-refractivity contribution in [2.24, 2.45) is 0 Å². The summed E-state index contributed by atoms with van der Waals surface area (Å²) in [6, 6.07) is 2.87. The second kappa shape index (κ2) is 5.89. The van der Waals surface area contributed by atoms with Crippen LogP contribution in [0, 0.1) is 5.82 Å². The smallest absolute Gasteiger partial charge is 0.387 e. The molecule has 0 aromatic heterocycles. The number of hydrogen-bond donors (Lipinski definition) is 0. The number of hydrogen-bond acceptors (Lipinski definition) is 2. The van der Waals surface area contributed by atoms with E-state index in [0.29, 0.717) is 5.33 Å². The highest BCUT2D eigenvalue weighted by Crippen LogP contribution is 2.23. The van der Waals surface area contributed by atoms with Crippen LogP contribution in [0.5, 0.6) is 5.75 Å². The number of carbonyl (C=O) groups excluding carboxylic acids is 1. The standard InChI is InChI=1S/C10H8BrF3O2/c11-4-3-8(15)7-5-6(12)1-2-9(7)16-10(13)14/h1-2,5,10H,3-4H2. The number of halogens is 4. The van der Waals surface area contributed by atoms with Crippen LogP contribution in [0.3, 0.4) is 0 Å². The van der Waals surface area contributed by atoms with Gasteiger partial charge in [-0.15, -0.1) is 0 Å². The van der Waals surface area contributed by atoms with E-state index < -0.39 is 18.2 Å². The first-order valence-corrected chi connectivity index (χ1v) is 5.50. The quantitative estimate of drug-likeness (QED) is 0.615. The Hall–Kier alpha value is -1.04. The molecular weight excluding hydrogens is 289 g/mol. The molecule has 2 nitrogen and oxygen atoms in total. The molecule has 0 amide bonds. The predicted octanol–water partition coefficient (Wildman–Crippen LogP) is 3.39. The molecule has 0 aliphatic heterocycles. The Morgan fingerprint density at radius 3 is 2.69 bits per heavy atom. The van der Waals surface area contributed by atoms with E-state index in [-0.39, 0.29) is 17.7 Å². The maximum absolute atomic E-state index is 12.9. The summed E-state index contributed by atoms with van der Waals surface area (Å²) < 4.78 is 41.0. The lowest BCUT2D eigenvalue weighted by molar-refractivity contribution is -0.0501. The van der Waals surface area contributed by atoms with Crippen molar-refractivity contribution in [2.45, 2.75) is 13.0 Å². The summed E-state index contributed by atoms with van der Waals surface area (Å²) in [5, 5.41) is 0.371. The average molecular weight is 297 g/mol. The van der Waals surface area contributed by atoms with E-state index >= 15 is 0 Å². The molecule has 1 aromatic rings. The number of Topliss-reactive ketones (excluding diaryl/α,β-unsaturated/α-hetero) is 1. The Morgan fingerprint density at radius 1 is 1.44 bits per heavy atom. The zero-order valence-corrected chi connectivity index (χ0v) is 9.64. The first-order valence-electron chi connectivity index (χ1n) is 4.38. The van der Waals surface area contributed by atoms with E-state index in [9.17, 15) is 18.0 Å². The van der Waals surface area contributed by atoms with Gasteiger partial charge >= 0.3 is 6.61 Å². The van der Waals surface area contributed by atoms with Crippen LogP contribution in [-0.4, -0.2) is 17.7 Å². The zero-order valence-electron chi connectivity index (χ0n) is 8.05. The number of alkyl halides is 3. The molecule has 0 radical (unpaired) electrons. The maximum atomic E-state index is 12.9. The molecule has 16 heavy (non-hydrogen) atoms. The summed E-state index contributed by atoms with van der Waals surface area (Å²) >= 11 is 3.04. The minimum atomic E-state index is -3.04. The van der Waals surface area contributed by atoms with Gasteiger partial charge in [-0.05, 0) is 18.2 Å². The Balaban J connectivity index is 3.02. The van der Waals surface area contributed by atoms with Crippen molar-refractivity contribution in [3.05, 3.63) is 29.6 Å². The monoisotopic (exact) mass is 296 g/mol. The summed E-state index contributed by atoms with van der Waals surface area (Å²) in [5.41, 5.74) is -0.167. The second-order valence-electron chi connectivity index (χ2n) is 2.88. The molecule has 0 aliphatic carbocycles. The van der Waals surface area contributed by atoms with Gasteiger partial charge in [-0.3, -0.25) is 4.79 Å². The lowest BCUT2D eigenvalue weighted by atomic mass is 10.1. The van der Waals surface area contributed by atoms with Crippen molar-refractivity contribution >= 4 is 21.7 Å². The van der Waals surface area contributed by atoms with Crippen LogP contribution in [-0.2, 0) is 0 Å². The summed E-state index contributed by atoms with van der Waals surface area (Å²) in [6.07, 6.45) is 0.0864. The lowest BCUT2D eigenvalue weighted by Gasteiger charge is -2.09. The average Bonchev–Trinajstić information content (AvgIpc) is 2.20. The number of carbonyl (C=O) groups is 1. The van der Waals surface area contributed by atoms with Gasteiger partial charge in [-0.25, -0.2) is 4.39 Å². The van der Waals surface area contributed by atoms with E-state index in [4.69, 9.17) is 0 Å².